The van der Waals surface area contributed by atoms with E-state index in [1.807, 2.05) is 12.1 Å². The van der Waals surface area contributed by atoms with Crippen molar-refractivity contribution in [1.29, 1.82) is 0 Å². The summed E-state index contributed by atoms with van der Waals surface area (Å²) in [6.45, 7) is 1.91. The Hall–Kier alpha value is -1.20. The van der Waals surface area contributed by atoms with Crippen molar-refractivity contribution >= 4 is 23.0 Å². The number of aromatic nitrogens is 1. The SMILES string of the molecule is NC(=S)c1ccc(N2CC3CCC(O)C3C2)nc1. The number of nitrogens with two attached hydrogens (primary N) is 1. The summed E-state index contributed by atoms with van der Waals surface area (Å²) in [6.07, 6.45) is 3.68. The van der Waals surface area contributed by atoms with Crippen molar-refractivity contribution in [3.63, 3.8) is 0 Å². The van der Waals surface area contributed by atoms with Crippen LogP contribution in [-0.4, -0.2) is 34.3 Å². The summed E-state index contributed by atoms with van der Waals surface area (Å²) < 4.78 is 0. The van der Waals surface area contributed by atoms with Crippen LogP contribution in [0.5, 0.6) is 0 Å². The lowest BCUT2D eigenvalue weighted by atomic mass is 10.00. The molecule has 96 valence electrons. The van der Waals surface area contributed by atoms with Gasteiger partial charge in [0.25, 0.3) is 0 Å². The van der Waals surface area contributed by atoms with Crippen LogP contribution in [0.2, 0.25) is 0 Å². The predicted molar refractivity (Wildman–Crippen MR) is 74.6 cm³/mol. The zero-order valence-corrected chi connectivity index (χ0v) is 10.9. The minimum atomic E-state index is -0.129. The number of anilines is 1. The van der Waals surface area contributed by atoms with Gasteiger partial charge >= 0.3 is 0 Å². The van der Waals surface area contributed by atoms with E-state index in [4.69, 9.17) is 18.0 Å². The maximum absolute atomic E-state index is 9.90. The van der Waals surface area contributed by atoms with Crippen LogP contribution in [0.15, 0.2) is 18.3 Å². The van der Waals surface area contributed by atoms with E-state index in [-0.39, 0.29) is 6.10 Å². The van der Waals surface area contributed by atoms with Gasteiger partial charge < -0.3 is 15.7 Å². The fourth-order valence-corrected chi connectivity index (χ4v) is 3.26. The molecule has 0 aromatic carbocycles. The highest BCUT2D eigenvalue weighted by Crippen LogP contribution is 2.39. The number of hydrogen-bond acceptors (Lipinski definition) is 4. The highest BCUT2D eigenvalue weighted by Gasteiger charge is 2.42. The molecular formula is C13H17N3OS. The summed E-state index contributed by atoms with van der Waals surface area (Å²) in [4.78, 5) is 7.04. The van der Waals surface area contributed by atoms with Crippen LogP contribution in [0, 0.1) is 11.8 Å². The standard InChI is InChI=1S/C13H17N3OS/c14-13(18)8-2-4-12(15-5-8)16-6-9-1-3-11(17)10(9)7-16/h2,4-5,9-11,17H,1,3,6-7H2,(H2,14,18). The Morgan fingerprint density at radius 2 is 2.22 bits per heavy atom. The second-order valence-corrected chi connectivity index (χ2v) is 5.68. The molecule has 2 fully saturated rings. The molecule has 1 saturated heterocycles. The molecule has 1 aromatic rings. The molecule has 0 spiro atoms. The van der Waals surface area contributed by atoms with Gasteiger partial charge in [0, 0.05) is 30.8 Å². The molecule has 4 nitrogen and oxygen atoms in total. The Bertz CT molecular complexity index is 462. The predicted octanol–water partition coefficient (Wildman–Crippen LogP) is 0.923. The molecule has 1 aromatic heterocycles. The quantitative estimate of drug-likeness (QED) is 0.777. The number of fused-ring (bicyclic) bond motifs is 1. The van der Waals surface area contributed by atoms with Gasteiger partial charge in [-0.1, -0.05) is 12.2 Å². The Morgan fingerprint density at radius 1 is 1.39 bits per heavy atom. The first-order valence-corrected chi connectivity index (χ1v) is 6.75. The summed E-state index contributed by atoms with van der Waals surface area (Å²) in [5.41, 5.74) is 6.35. The lowest BCUT2D eigenvalue weighted by molar-refractivity contribution is 0.133. The normalized spacial score (nSPS) is 30.5. The van der Waals surface area contributed by atoms with Crippen LogP contribution in [-0.2, 0) is 0 Å². The molecule has 3 N–H and O–H groups in total. The van der Waals surface area contributed by atoms with Crippen LogP contribution >= 0.6 is 12.2 Å². The van der Waals surface area contributed by atoms with E-state index in [9.17, 15) is 5.11 Å². The van der Waals surface area contributed by atoms with Crippen molar-refractivity contribution in [1.82, 2.24) is 4.98 Å². The number of aliphatic hydroxyl groups excluding tert-OH is 1. The first-order chi connectivity index (χ1) is 8.65. The third-order valence-electron chi connectivity index (χ3n) is 4.18. The lowest BCUT2D eigenvalue weighted by Crippen LogP contribution is -2.25. The van der Waals surface area contributed by atoms with Gasteiger partial charge in [0.2, 0.25) is 0 Å². The van der Waals surface area contributed by atoms with Crippen LogP contribution < -0.4 is 10.6 Å². The molecule has 5 heteroatoms. The number of nitrogens with zero attached hydrogens (tertiary/aromatic N) is 2. The van der Waals surface area contributed by atoms with Crippen molar-refractivity contribution in [2.75, 3.05) is 18.0 Å². The molecule has 0 radical (unpaired) electrons. The van der Waals surface area contributed by atoms with Gasteiger partial charge in [-0.25, -0.2) is 4.98 Å². The molecule has 1 aliphatic heterocycles. The molecule has 1 aliphatic carbocycles. The maximum atomic E-state index is 9.90. The van der Waals surface area contributed by atoms with Crippen molar-refractivity contribution in [2.45, 2.75) is 18.9 Å². The summed E-state index contributed by atoms with van der Waals surface area (Å²) in [7, 11) is 0. The molecule has 0 amide bonds. The van der Waals surface area contributed by atoms with E-state index in [0.29, 0.717) is 16.8 Å². The second kappa shape index (κ2) is 4.48. The number of rotatable bonds is 2. The molecule has 3 rings (SSSR count). The molecule has 2 heterocycles. The fourth-order valence-electron chi connectivity index (χ4n) is 3.14. The van der Waals surface area contributed by atoms with E-state index in [2.05, 4.69) is 9.88 Å². The third-order valence-corrected chi connectivity index (χ3v) is 4.41. The summed E-state index contributed by atoms with van der Waals surface area (Å²) in [5, 5.41) is 9.90. The van der Waals surface area contributed by atoms with Gasteiger partial charge in [0.05, 0.1) is 6.10 Å². The lowest BCUT2D eigenvalue weighted by Gasteiger charge is -2.19. The largest absolute Gasteiger partial charge is 0.393 e. The van der Waals surface area contributed by atoms with E-state index in [1.165, 1.54) is 0 Å². The van der Waals surface area contributed by atoms with Gasteiger partial charge in [-0.2, -0.15) is 0 Å². The maximum Gasteiger partial charge on any atom is 0.128 e. The summed E-state index contributed by atoms with van der Waals surface area (Å²) >= 11 is 4.91. The Labute approximate surface area is 112 Å². The number of thiocarbonyl (C=S) groups is 1. The number of pyridine rings is 1. The molecule has 3 atom stereocenters. The second-order valence-electron chi connectivity index (χ2n) is 5.24. The molecule has 2 aliphatic rings. The summed E-state index contributed by atoms with van der Waals surface area (Å²) in [5.74, 6) is 2.00. The molecule has 18 heavy (non-hydrogen) atoms. The van der Waals surface area contributed by atoms with Crippen molar-refractivity contribution in [2.24, 2.45) is 17.6 Å². The van der Waals surface area contributed by atoms with Crippen molar-refractivity contribution in [3.05, 3.63) is 23.9 Å². The topological polar surface area (TPSA) is 62.4 Å². The van der Waals surface area contributed by atoms with Crippen LogP contribution in [0.1, 0.15) is 18.4 Å². The molecular weight excluding hydrogens is 246 g/mol. The fraction of sp³-hybridized carbons (Fsp3) is 0.538. The number of hydrogen-bond donors (Lipinski definition) is 2. The number of aliphatic hydroxyl groups is 1. The van der Waals surface area contributed by atoms with Crippen molar-refractivity contribution < 1.29 is 5.11 Å². The van der Waals surface area contributed by atoms with Crippen LogP contribution in [0.4, 0.5) is 5.82 Å². The zero-order valence-electron chi connectivity index (χ0n) is 10.1. The average molecular weight is 263 g/mol. The zero-order chi connectivity index (χ0) is 12.7. The van der Waals surface area contributed by atoms with Crippen LogP contribution in [0.25, 0.3) is 0 Å². The van der Waals surface area contributed by atoms with Gasteiger partial charge in [-0.3, -0.25) is 0 Å². The molecule has 1 saturated carbocycles. The van der Waals surface area contributed by atoms with Crippen molar-refractivity contribution in [3.8, 4) is 0 Å². The van der Waals surface area contributed by atoms with E-state index < -0.39 is 0 Å². The highest BCUT2D eigenvalue weighted by atomic mass is 32.1. The van der Waals surface area contributed by atoms with Crippen LogP contribution in [0.3, 0.4) is 0 Å². The highest BCUT2D eigenvalue weighted by molar-refractivity contribution is 7.80. The Balaban J connectivity index is 1.75. The van der Waals surface area contributed by atoms with Gasteiger partial charge in [0.15, 0.2) is 0 Å². The molecule has 3 unspecified atom stereocenters. The van der Waals surface area contributed by atoms with Gasteiger partial charge in [-0.15, -0.1) is 0 Å². The summed E-state index contributed by atoms with van der Waals surface area (Å²) in [6, 6.07) is 3.87. The molecule has 0 bridgehead atoms. The minimum absolute atomic E-state index is 0.129. The smallest absolute Gasteiger partial charge is 0.128 e. The van der Waals surface area contributed by atoms with E-state index >= 15 is 0 Å². The van der Waals surface area contributed by atoms with E-state index in [0.717, 1.165) is 37.3 Å². The monoisotopic (exact) mass is 263 g/mol. The van der Waals surface area contributed by atoms with E-state index in [1.54, 1.807) is 6.20 Å². The average Bonchev–Trinajstić information content (AvgIpc) is 2.92. The Morgan fingerprint density at radius 3 is 2.83 bits per heavy atom. The first kappa shape index (κ1) is 11.9. The van der Waals surface area contributed by atoms with Gasteiger partial charge in [0.1, 0.15) is 10.8 Å². The Kier molecular flexibility index (Phi) is 2.95. The minimum Gasteiger partial charge on any atom is -0.393 e. The van der Waals surface area contributed by atoms with Gasteiger partial charge in [-0.05, 0) is 30.9 Å². The third kappa shape index (κ3) is 1.97. The first-order valence-electron chi connectivity index (χ1n) is 6.34.